The molecule has 0 unspecified atom stereocenters. The second kappa shape index (κ2) is 9.03. The van der Waals surface area contributed by atoms with E-state index < -0.39 is 0 Å². The Bertz CT molecular complexity index is 843. The van der Waals surface area contributed by atoms with Crippen LogP contribution in [0.3, 0.4) is 0 Å². The second-order valence-corrected chi connectivity index (χ2v) is 6.43. The Morgan fingerprint density at radius 1 is 1.04 bits per heavy atom. The smallest absolute Gasteiger partial charge is 0.255 e. The van der Waals surface area contributed by atoms with Gasteiger partial charge >= 0.3 is 0 Å². The maximum Gasteiger partial charge on any atom is 0.255 e. The molecule has 1 aliphatic heterocycles. The van der Waals surface area contributed by atoms with Crippen molar-refractivity contribution in [2.45, 2.75) is 6.92 Å². The third kappa shape index (κ3) is 4.68. The molecule has 1 heterocycles. The lowest BCUT2D eigenvalue weighted by atomic mass is 10.1. The highest BCUT2D eigenvalue weighted by atomic mass is 16.5. The summed E-state index contributed by atoms with van der Waals surface area (Å²) in [5.74, 6) is 0.314. The van der Waals surface area contributed by atoms with Crippen molar-refractivity contribution in [1.82, 2.24) is 9.80 Å². The van der Waals surface area contributed by atoms with E-state index >= 15 is 0 Å². The fraction of sp³-hybridized carbons (Fsp3) is 0.286. The van der Waals surface area contributed by atoms with E-state index in [2.05, 4.69) is 5.32 Å². The Balaban J connectivity index is 1.65. The van der Waals surface area contributed by atoms with Crippen molar-refractivity contribution < 1.29 is 19.1 Å². The number of nitrogens with one attached hydrogen (secondary N) is 1. The van der Waals surface area contributed by atoms with Crippen molar-refractivity contribution in [2.24, 2.45) is 0 Å². The molecule has 146 valence electrons. The fourth-order valence-corrected chi connectivity index (χ4v) is 3.01. The molecule has 1 saturated heterocycles. The van der Waals surface area contributed by atoms with Crippen LogP contribution in [-0.2, 0) is 4.79 Å². The van der Waals surface area contributed by atoms with Crippen LogP contribution in [0.2, 0.25) is 0 Å². The molecular weight excluding hydrogens is 358 g/mol. The van der Waals surface area contributed by atoms with Gasteiger partial charge in [0.25, 0.3) is 11.8 Å². The lowest BCUT2D eigenvalue weighted by Crippen LogP contribution is -2.48. The molecule has 0 spiro atoms. The fourth-order valence-electron chi connectivity index (χ4n) is 3.01. The molecule has 2 aromatic rings. The highest BCUT2D eigenvalue weighted by molar-refractivity contribution is 6.06. The predicted octanol–water partition coefficient (Wildman–Crippen LogP) is 2.25. The van der Waals surface area contributed by atoms with Crippen LogP contribution in [0.4, 0.5) is 5.69 Å². The summed E-state index contributed by atoms with van der Waals surface area (Å²) in [6.45, 7) is 4.50. The van der Waals surface area contributed by atoms with Gasteiger partial charge in [-0.05, 0) is 49.4 Å². The number of rotatable bonds is 6. The van der Waals surface area contributed by atoms with Gasteiger partial charge in [0, 0.05) is 43.0 Å². The minimum atomic E-state index is -0.287. The van der Waals surface area contributed by atoms with Crippen LogP contribution in [0.25, 0.3) is 0 Å². The van der Waals surface area contributed by atoms with Crippen LogP contribution in [0, 0.1) is 0 Å². The number of nitrogens with zero attached hydrogens (tertiary/aromatic N) is 2. The average molecular weight is 381 g/mol. The molecule has 7 heteroatoms. The predicted molar refractivity (Wildman–Crippen MR) is 106 cm³/mol. The number of ether oxygens (including phenoxy) is 1. The topological polar surface area (TPSA) is 79.0 Å². The molecule has 0 radical (unpaired) electrons. The first-order valence-electron chi connectivity index (χ1n) is 9.23. The molecule has 1 fully saturated rings. The van der Waals surface area contributed by atoms with Crippen molar-refractivity contribution >= 4 is 23.9 Å². The molecular formula is C21H23N3O4. The van der Waals surface area contributed by atoms with Gasteiger partial charge in [0.15, 0.2) is 0 Å². The molecule has 0 atom stereocenters. The van der Waals surface area contributed by atoms with E-state index in [1.165, 1.54) is 0 Å². The van der Waals surface area contributed by atoms with Crippen molar-refractivity contribution in [3.05, 3.63) is 59.7 Å². The average Bonchev–Trinajstić information content (AvgIpc) is 2.75. The summed E-state index contributed by atoms with van der Waals surface area (Å²) < 4.78 is 5.39. The Morgan fingerprint density at radius 2 is 1.71 bits per heavy atom. The van der Waals surface area contributed by atoms with Crippen molar-refractivity contribution in [3.8, 4) is 5.75 Å². The molecule has 0 aliphatic carbocycles. The normalized spacial score (nSPS) is 13.8. The van der Waals surface area contributed by atoms with Gasteiger partial charge in [-0.1, -0.05) is 6.07 Å². The number of carbonyl (C=O) groups excluding carboxylic acids is 3. The van der Waals surface area contributed by atoms with Crippen LogP contribution < -0.4 is 10.1 Å². The second-order valence-electron chi connectivity index (χ2n) is 6.43. The summed E-state index contributed by atoms with van der Waals surface area (Å²) in [7, 11) is 0. The van der Waals surface area contributed by atoms with E-state index in [4.69, 9.17) is 4.74 Å². The molecule has 3 amide bonds. The highest BCUT2D eigenvalue weighted by Gasteiger charge is 2.22. The first-order chi connectivity index (χ1) is 13.6. The zero-order chi connectivity index (χ0) is 19.9. The lowest BCUT2D eigenvalue weighted by Gasteiger charge is -2.32. The first-order valence-corrected chi connectivity index (χ1v) is 9.23. The van der Waals surface area contributed by atoms with E-state index in [0.29, 0.717) is 49.6 Å². The van der Waals surface area contributed by atoms with Gasteiger partial charge in [-0.25, -0.2) is 0 Å². The maximum atomic E-state index is 12.7. The summed E-state index contributed by atoms with van der Waals surface area (Å²) in [6, 6.07) is 13.8. The summed E-state index contributed by atoms with van der Waals surface area (Å²) in [5.41, 5.74) is 1.51. The Hall–Kier alpha value is -3.35. The number of hydrogen-bond acceptors (Lipinski definition) is 4. The van der Waals surface area contributed by atoms with Crippen LogP contribution in [-0.4, -0.2) is 60.8 Å². The summed E-state index contributed by atoms with van der Waals surface area (Å²) in [6.07, 6.45) is 0.799. The molecule has 0 aromatic heterocycles. The third-order valence-corrected chi connectivity index (χ3v) is 4.55. The lowest BCUT2D eigenvalue weighted by molar-refractivity contribution is -0.119. The minimum Gasteiger partial charge on any atom is -0.494 e. The molecule has 28 heavy (non-hydrogen) atoms. The van der Waals surface area contributed by atoms with Gasteiger partial charge in [-0.15, -0.1) is 0 Å². The Labute approximate surface area is 163 Å². The standard InChI is InChI=1S/C21H23N3O4/c1-2-28-19-8-6-18(7-9-19)22-20(26)16-4-3-5-17(14-16)21(27)24-12-10-23(15-25)11-13-24/h3-9,14-15H,2,10-13H2,1H3,(H,22,26). The van der Waals surface area contributed by atoms with Crippen molar-refractivity contribution in [3.63, 3.8) is 0 Å². The van der Waals surface area contributed by atoms with E-state index in [0.717, 1.165) is 12.2 Å². The molecule has 2 aromatic carbocycles. The van der Waals surface area contributed by atoms with Crippen LogP contribution in [0.5, 0.6) is 5.75 Å². The number of carbonyl (C=O) groups is 3. The van der Waals surface area contributed by atoms with Crippen LogP contribution >= 0.6 is 0 Å². The van der Waals surface area contributed by atoms with E-state index in [1.807, 2.05) is 6.92 Å². The number of piperazine rings is 1. The third-order valence-electron chi connectivity index (χ3n) is 4.55. The van der Waals surface area contributed by atoms with E-state index in [1.54, 1.807) is 58.3 Å². The zero-order valence-electron chi connectivity index (χ0n) is 15.8. The summed E-state index contributed by atoms with van der Waals surface area (Å²) in [5, 5.41) is 2.82. The molecule has 1 aliphatic rings. The van der Waals surface area contributed by atoms with Crippen LogP contribution in [0.15, 0.2) is 48.5 Å². The number of hydrogen-bond donors (Lipinski definition) is 1. The zero-order valence-corrected chi connectivity index (χ0v) is 15.8. The molecule has 0 saturated carbocycles. The van der Waals surface area contributed by atoms with Crippen LogP contribution in [0.1, 0.15) is 27.6 Å². The number of amides is 3. The number of anilines is 1. The largest absolute Gasteiger partial charge is 0.494 e. The van der Waals surface area contributed by atoms with Gasteiger partial charge in [-0.3, -0.25) is 14.4 Å². The monoisotopic (exact) mass is 381 g/mol. The molecule has 0 bridgehead atoms. The van der Waals surface area contributed by atoms with Gasteiger partial charge in [0.1, 0.15) is 5.75 Å². The highest BCUT2D eigenvalue weighted by Crippen LogP contribution is 2.17. The van der Waals surface area contributed by atoms with Gasteiger partial charge in [0.2, 0.25) is 6.41 Å². The Kier molecular flexibility index (Phi) is 6.26. The molecule has 1 N–H and O–H groups in total. The van der Waals surface area contributed by atoms with E-state index in [-0.39, 0.29) is 11.8 Å². The van der Waals surface area contributed by atoms with Crippen molar-refractivity contribution in [2.75, 3.05) is 38.1 Å². The number of benzene rings is 2. The summed E-state index contributed by atoms with van der Waals surface area (Å²) >= 11 is 0. The van der Waals surface area contributed by atoms with Crippen molar-refractivity contribution in [1.29, 1.82) is 0 Å². The SMILES string of the molecule is CCOc1ccc(NC(=O)c2cccc(C(=O)N3CCN(C=O)CC3)c2)cc1. The molecule has 3 rings (SSSR count). The Morgan fingerprint density at radius 3 is 2.36 bits per heavy atom. The quantitative estimate of drug-likeness (QED) is 0.779. The summed E-state index contributed by atoms with van der Waals surface area (Å²) in [4.78, 5) is 39.4. The van der Waals surface area contributed by atoms with Gasteiger partial charge < -0.3 is 19.9 Å². The van der Waals surface area contributed by atoms with E-state index in [9.17, 15) is 14.4 Å². The van der Waals surface area contributed by atoms with Gasteiger partial charge in [0.05, 0.1) is 6.61 Å². The van der Waals surface area contributed by atoms with Gasteiger partial charge in [-0.2, -0.15) is 0 Å². The first kappa shape index (κ1) is 19.4. The minimum absolute atomic E-state index is 0.138. The maximum absolute atomic E-state index is 12.7. The molecule has 7 nitrogen and oxygen atoms in total.